The maximum Gasteiger partial charge on any atom is 0.242 e. The van der Waals surface area contributed by atoms with Gasteiger partial charge in [0.2, 0.25) is 21.8 Å². The van der Waals surface area contributed by atoms with Crippen LogP contribution in [0.1, 0.15) is 25.8 Å². The van der Waals surface area contributed by atoms with Crippen LogP contribution in [0.5, 0.6) is 0 Å². The number of nitrogens with one attached hydrogen (secondary N) is 3. The summed E-state index contributed by atoms with van der Waals surface area (Å²) in [4.78, 5) is 23.3. The van der Waals surface area contributed by atoms with Gasteiger partial charge in [0.05, 0.1) is 4.90 Å². The summed E-state index contributed by atoms with van der Waals surface area (Å²) in [6, 6.07) is 5.77. The van der Waals surface area contributed by atoms with Crippen LogP contribution in [0.4, 0.5) is 0 Å². The Bertz CT molecular complexity index is 641. The maximum absolute atomic E-state index is 12.0. The number of aryl methyl sites for hydroxylation is 1. The number of amides is 2. The molecule has 2 amide bonds. The fourth-order valence-corrected chi connectivity index (χ4v) is 2.84. The van der Waals surface area contributed by atoms with Crippen LogP contribution < -0.4 is 15.4 Å². The Balaban J connectivity index is 2.45. The molecule has 0 aliphatic carbocycles. The molecule has 0 aliphatic rings. The summed E-state index contributed by atoms with van der Waals surface area (Å²) in [7, 11) is -3.64. The normalized spacial score (nSPS) is 12.5. The molecule has 0 saturated heterocycles. The first-order valence-electron chi connectivity index (χ1n) is 7.39. The monoisotopic (exact) mass is 341 g/mol. The quantitative estimate of drug-likeness (QED) is 0.633. The van der Waals surface area contributed by atoms with Crippen molar-refractivity contribution in [3.63, 3.8) is 0 Å². The molecule has 0 aromatic heterocycles. The van der Waals surface area contributed by atoms with Crippen LogP contribution in [-0.4, -0.2) is 39.4 Å². The molecular formula is C15H23N3O4S. The summed E-state index contributed by atoms with van der Waals surface area (Å²) in [6.07, 6.45) is -0.0468. The molecule has 23 heavy (non-hydrogen) atoms. The molecule has 3 N–H and O–H groups in total. The lowest BCUT2D eigenvalue weighted by Gasteiger charge is -2.13. The molecule has 1 atom stereocenters. The van der Waals surface area contributed by atoms with E-state index in [-0.39, 0.29) is 23.8 Å². The number of benzene rings is 1. The molecule has 0 unspecified atom stereocenters. The van der Waals surface area contributed by atoms with Crippen molar-refractivity contribution in [2.45, 2.75) is 38.1 Å². The number of hydrogen-bond donors (Lipinski definition) is 3. The van der Waals surface area contributed by atoms with E-state index in [4.69, 9.17) is 0 Å². The van der Waals surface area contributed by atoms with Gasteiger partial charge in [-0.2, -0.15) is 0 Å². The van der Waals surface area contributed by atoms with Gasteiger partial charge >= 0.3 is 0 Å². The Morgan fingerprint density at radius 1 is 1.17 bits per heavy atom. The van der Waals surface area contributed by atoms with Crippen molar-refractivity contribution in [3.05, 3.63) is 29.8 Å². The van der Waals surface area contributed by atoms with Gasteiger partial charge in [0.15, 0.2) is 0 Å². The van der Waals surface area contributed by atoms with Crippen molar-refractivity contribution in [1.29, 1.82) is 0 Å². The van der Waals surface area contributed by atoms with Gasteiger partial charge in [-0.25, -0.2) is 13.1 Å². The fourth-order valence-electron chi connectivity index (χ4n) is 1.81. The first-order chi connectivity index (χ1) is 10.8. The summed E-state index contributed by atoms with van der Waals surface area (Å²) >= 11 is 0. The molecular weight excluding hydrogens is 318 g/mol. The van der Waals surface area contributed by atoms with E-state index >= 15 is 0 Å². The Hall–Kier alpha value is -1.93. The lowest BCUT2D eigenvalue weighted by Crippen LogP contribution is -2.45. The van der Waals surface area contributed by atoms with Crippen LogP contribution in [0, 0.1) is 6.92 Å². The number of likely N-dealkylation sites (N-methyl/N-ethyl adjacent to an activating group) is 1. The minimum absolute atomic E-state index is 0.0375. The third kappa shape index (κ3) is 6.37. The third-order valence-corrected chi connectivity index (χ3v) is 4.57. The van der Waals surface area contributed by atoms with Gasteiger partial charge in [0.1, 0.15) is 6.04 Å². The van der Waals surface area contributed by atoms with Crippen LogP contribution in [-0.2, 0) is 19.6 Å². The van der Waals surface area contributed by atoms with Gasteiger partial charge in [-0.3, -0.25) is 9.59 Å². The second-order valence-corrected chi connectivity index (χ2v) is 6.91. The van der Waals surface area contributed by atoms with Crippen LogP contribution in [0.25, 0.3) is 0 Å². The van der Waals surface area contributed by atoms with E-state index in [0.717, 1.165) is 5.56 Å². The van der Waals surface area contributed by atoms with Crippen LogP contribution in [0.15, 0.2) is 29.2 Å². The number of sulfonamides is 1. The van der Waals surface area contributed by atoms with E-state index in [2.05, 4.69) is 15.4 Å². The SMILES string of the molecule is CCNC(=O)[C@H](C)NC(=O)CCNS(=O)(=O)c1ccc(C)cc1. The zero-order valence-electron chi connectivity index (χ0n) is 13.5. The van der Waals surface area contributed by atoms with E-state index in [1.807, 2.05) is 6.92 Å². The first kappa shape index (κ1) is 19.1. The highest BCUT2D eigenvalue weighted by molar-refractivity contribution is 7.89. The van der Waals surface area contributed by atoms with Gasteiger partial charge in [0.25, 0.3) is 0 Å². The lowest BCUT2D eigenvalue weighted by atomic mass is 10.2. The molecule has 0 spiro atoms. The molecule has 1 aromatic carbocycles. The van der Waals surface area contributed by atoms with E-state index in [9.17, 15) is 18.0 Å². The minimum Gasteiger partial charge on any atom is -0.355 e. The van der Waals surface area contributed by atoms with E-state index < -0.39 is 22.0 Å². The minimum atomic E-state index is -3.64. The molecule has 128 valence electrons. The highest BCUT2D eigenvalue weighted by Gasteiger charge is 2.16. The molecule has 7 nitrogen and oxygen atoms in total. The molecule has 0 bridgehead atoms. The van der Waals surface area contributed by atoms with Crippen LogP contribution in [0.3, 0.4) is 0 Å². The Morgan fingerprint density at radius 3 is 2.35 bits per heavy atom. The van der Waals surface area contributed by atoms with Crippen LogP contribution in [0.2, 0.25) is 0 Å². The highest BCUT2D eigenvalue weighted by Crippen LogP contribution is 2.09. The summed E-state index contributed by atoms with van der Waals surface area (Å²) in [5, 5.41) is 5.10. The largest absolute Gasteiger partial charge is 0.355 e. The van der Waals surface area contributed by atoms with Gasteiger partial charge in [0, 0.05) is 19.5 Å². The molecule has 0 saturated carbocycles. The molecule has 0 fully saturated rings. The summed E-state index contributed by atoms with van der Waals surface area (Å²) < 4.78 is 26.4. The third-order valence-electron chi connectivity index (χ3n) is 3.10. The van der Waals surface area contributed by atoms with Gasteiger partial charge in [-0.1, -0.05) is 17.7 Å². The van der Waals surface area contributed by atoms with E-state index in [1.54, 1.807) is 26.0 Å². The summed E-state index contributed by atoms with van der Waals surface area (Å²) in [6.45, 7) is 5.66. The van der Waals surface area contributed by atoms with Gasteiger partial charge in [-0.15, -0.1) is 0 Å². The van der Waals surface area contributed by atoms with Crippen molar-refractivity contribution in [2.24, 2.45) is 0 Å². The van der Waals surface area contributed by atoms with Crippen molar-refractivity contribution in [3.8, 4) is 0 Å². The number of carbonyl (C=O) groups is 2. The zero-order chi connectivity index (χ0) is 17.5. The lowest BCUT2D eigenvalue weighted by molar-refractivity contribution is -0.128. The number of carbonyl (C=O) groups excluding carboxylic acids is 2. The van der Waals surface area contributed by atoms with Crippen molar-refractivity contribution in [2.75, 3.05) is 13.1 Å². The highest BCUT2D eigenvalue weighted by atomic mass is 32.2. The average Bonchev–Trinajstić information content (AvgIpc) is 2.47. The van der Waals surface area contributed by atoms with Gasteiger partial charge < -0.3 is 10.6 Å². The Morgan fingerprint density at radius 2 is 1.78 bits per heavy atom. The smallest absolute Gasteiger partial charge is 0.242 e. The standard InChI is InChI=1S/C15H23N3O4S/c1-4-16-15(20)12(3)18-14(19)9-10-17-23(21,22)13-7-5-11(2)6-8-13/h5-8,12,17H,4,9-10H2,1-3H3,(H,16,20)(H,18,19)/t12-/m0/s1. The molecule has 8 heteroatoms. The average molecular weight is 341 g/mol. The van der Waals surface area contributed by atoms with E-state index in [1.165, 1.54) is 12.1 Å². The second kappa shape index (κ2) is 8.64. The number of hydrogen-bond acceptors (Lipinski definition) is 4. The second-order valence-electron chi connectivity index (χ2n) is 5.14. The van der Waals surface area contributed by atoms with Gasteiger partial charge in [-0.05, 0) is 32.9 Å². The predicted molar refractivity (Wildman–Crippen MR) is 87.3 cm³/mol. The zero-order valence-corrected chi connectivity index (χ0v) is 14.4. The molecule has 1 aromatic rings. The Kier molecular flexibility index (Phi) is 7.18. The summed E-state index contributed by atoms with van der Waals surface area (Å²) in [5.41, 5.74) is 0.961. The first-order valence-corrected chi connectivity index (χ1v) is 8.88. The van der Waals surface area contributed by atoms with Crippen molar-refractivity contribution in [1.82, 2.24) is 15.4 Å². The molecule has 0 radical (unpaired) electrons. The molecule has 1 rings (SSSR count). The molecule has 0 aliphatic heterocycles. The topological polar surface area (TPSA) is 104 Å². The van der Waals surface area contributed by atoms with Crippen molar-refractivity contribution >= 4 is 21.8 Å². The Labute approximate surface area is 136 Å². The summed E-state index contributed by atoms with van der Waals surface area (Å²) in [5.74, 6) is -0.670. The van der Waals surface area contributed by atoms with Crippen molar-refractivity contribution < 1.29 is 18.0 Å². The van der Waals surface area contributed by atoms with E-state index in [0.29, 0.717) is 6.54 Å². The fraction of sp³-hybridized carbons (Fsp3) is 0.467. The molecule has 0 heterocycles. The maximum atomic E-state index is 12.0. The van der Waals surface area contributed by atoms with Crippen LogP contribution >= 0.6 is 0 Å². The predicted octanol–water partition coefficient (Wildman–Crippen LogP) is 0.304. The number of rotatable bonds is 8.